The Labute approximate surface area is 106 Å². The minimum absolute atomic E-state index is 0.169. The van der Waals surface area contributed by atoms with Crippen LogP contribution in [-0.4, -0.2) is 17.1 Å². The Bertz CT molecular complexity index is 447. The molecule has 0 aliphatic rings. The number of nitrogens with two attached hydrogens (primary N) is 1. The van der Waals surface area contributed by atoms with Gasteiger partial charge in [0.25, 0.3) is 0 Å². The van der Waals surface area contributed by atoms with Gasteiger partial charge in [-0.3, -0.25) is 0 Å². The molecule has 0 fully saturated rings. The Kier molecular flexibility index (Phi) is 4.53. The van der Waals surface area contributed by atoms with Crippen molar-refractivity contribution in [2.45, 2.75) is 33.2 Å². The molecule has 1 aromatic carbocycles. The molecule has 0 aliphatic carbocycles. The van der Waals surface area contributed by atoms with Gasteiger partial charge < -0.3 is 16.2 Å². The molecule has 4 N–H and O–H groups in total. The number of nitrogens with one attached hydrogen (secondary N) is 1. The van der Waals surface area contributed by atoms with Gasteiger partial charge in [0.1, 0.15) is 5.82 Å². The highest BCUT2D eigenvalue weighted by atomic mass is 19.1. The second-order valence-corrected chi connectivity index (χ2v) is 4.63. The number of rotatable bonds is 5. The van der Waals surface area contributed by atoms with Crippen molar-refractivity contribution in [3.05, 3.63) is 23.5 Å². The number of aromatic carboxylic acids is 1. The van der Waals surface area contributed by atoms with E-state index in [4.69, 9.17) is 10.8 Å². The van der Waals surface area contributed by atoms with Crippen molar-refractivity contribution in [1.82, 2.24) is 0 Å². The first kappa shape index (κ1) is 14.3. The molecule has 0 saturated carbocycles. The van der Waals surface area contributed by atoms with Crippen molar-refractivity contribution < 1.29 is 14.3 Å². The van der Waals surface area contributed by atoms with Crippen LogP contribution in [0, 0.1) is 11.7 Å². The predicted octanol–water partition coefficient (Wildman–Crippen LogP) is 2.95. The lowest BCUT2D eigenvalue weighted by molar-refractivity contribution is 0.0692. The van der Waals surface area contributed by atoms with Gasteiger partial charge in [0.15, 0.2) is 0 Å². The van der Waals surface area contributed by atoms with Crippen molar-refractivity contribution in [3.8, 4) is 0 Å². The van der Waals surface area contributed by atoms with Gasteiger partial charge in [-0.25, -0.2) is 9.18 Å². The summed E-state index contributed by atoms with van der Waals surface area (Å²) in [6, 6.07) is 2.46. The zero-order valence-corrected chi connectivity index (χ0v) is 10.8. The Hall–Kier alpha value is -1.78. The zero-order chi connectivity index (χ0) is 13.9. The molecule has 4 nitrogen and oxygen atoms in total. The molecule has 5 heteroatoms. The molecule has 0 bridgehead atoms. The van der Waals surface area contributed by atoms with Gasteiger partial charge in [-0.1, -0.05) is 20.8 Å². The Morgan fingerprint density at radius 2 is 2.11 bits per heavy atom. The Morgan fingerprint density at radius 1 is 1.50 bits per heavy atom. The predicted molar refractivity (Wildman–Crippen MR) is 70.3 cm³/mol. The molecule has 0 heterocycles. The summed E-state index contributed by atoms with van der Waals surface area (Å²) >= 11 is 0. The van der Waals surface area contributed by atoms with Crippen LogP contribution in [0.3, 0.4) is 0 Å². The summed E-state index contributed by atoms with van der Waals surface area (Å²) in [5, 5.41) is 11.9. The van der Waals surface area contributed by atoms with Gasteiger partial charge in [-0.2, -0.15) is 0 Å². The summed E-state index contributed by atoms with van der Waals surface area (Å²) < 4.78 is 13.6. The number of nitrogen functional groups attached to an aromatic ring is 1. The van der Waals surface area contributed by atoms with Gasteiger partial charge in [0, 0.05) is 6.04 Å². The van der Waals surface area contributed by atoms with Crippen LogP contribution >= 0.6 is 0 Å². The summed E-state index contributed by atoms with van der Waals surface area (Å²) in [6.45, 7) is 6.13. The highest BCUT2D eigenvalue weighted by Crippen LogP contribution is 2.25. The number of carboxylic acid groups (broad SMARTS) is 1. The standard InChI is InChI=1S/C13H19FN2O2/c1-4-11(7(2)3)16-12-6-9(14)8(13(17)18)5-10(12)15/h5-7,11,16H,4,15H2,1-3H3,(H,17,18). The van der Waals surface area contributed by atoms with Crippen LogP contribution in [-0.2, 0) is 0 Å². The fraction of sp³-hybridized carbons (Fsp3) is 0.462. The molecule has 1 atom stereocenters. The van der Waals surface area contributed by atoms with Crippen molar-refractivity contribution in [3.63, 3.8) is 0 Å². The van der Waals surface area contributed by atoms with Crippen LogP contribution in [0.1, 0.15) is 37.6 Å². The van der Waals surface area contributed by atoms with E-state index >= 15 is 0 Å². The number of hydrogen-bond acceptors (Lipinski definition) is 3. The summed E-state index contributed by atoms with van der Waals surface area (Å²) in [7, 11) is 0. The van der Waals surface area contributed by atoms with Crippen LogP contribution < -0.4 is 11.1 Å². The molecule has 0 spiro atoms. The first-order valence-corrected chi connectivity index (χ1v) is 5.95. The zero-order valence-electron chi connectivity index (χ0n) is 10.8. The molecular formula is C13H19FN2O2. The Morgan fingerprint density at radius 3 is 2.56 bits per heavy atom. The topological polar surface area (TPSA) is 75.3 Å². The van der Waals surface area contributed by atoms with E-state index in [0.717, 1.165) is 18.6 Å². The van der Waals surface area contributed by atoms with E-state index in [1.54, 1.807) is 0 Å². The average Bonchev–Trinajstić information content (AvgIpc) is 2.28. The van der Waals surface area contributed by atoms with Gasteiger partial charge in [-0.15, -0.1) is 0 Å². The second-order valence-electron chi connectivity index (χ2n) is 4.63. The average molecular weight is 254 g/mol. The van der Waals surface area contributed by atoms with Crippen molar-refractivity contribution in [1.29, 1.82) is 0 Å². The van der Waals surface area contributed by atoms with E-state index in [1.807, 2.05) is 6.92 Å². The minimum atomic E-state index is -1.32. The van der Waals surface area contributed by atoms with Crippen molar-refractivity contribution >= 4 is 17.3 Å². The number of hydrogen-bond donors (Lipinski definition) is 3. The van der Waals surface area contributed by atoms with Crippen LogP contribution in [0.2, 0.25) is 0 Å². The maximum absolute atomic E-state index is 13.6. The first-order valence-electron chi connectivity index (χ1n) is 5.95. The smallest absolute Gasteiger partial charge is 0.338 e. The number of halogens is 1. The number of anilines is 2. The number of carboxylic acids is 1. The lowest BCUT2D eigenvalue weighted by Gasteiger charge is -2.23. The molecule has 1 rings (SSSR count). The summed E-state index contributed by atoms with van der Waals surface area (Å²) in [5.74, 6) is -1.73. The number of benzene rings is 1. The van der Waals surface area contributed by atoms with Crippen LogP contribution in [0.15, 0.2) is 12.1 Å². The molecule has 1 aromatic rings. The third-order valence-corrected chi connectivity index (χ3v) is 2.96. The monoisotopic (exact) mass is 254 g/mol. The van der Waals surface area contributed by atoms with Crippen molar-refractivity contribution in [2.24, 2.45) is 5.92 Å². The van der Waals surface area contributed by atoms with E-state index in [2.05, 4.69) is 19.2 Å². The molecular weight excluding hydrogens is 235 g/mol. The second kappa shape index (κ2) is 5.71. The van der Waals surface area contributed by atoms with Crippen LogP contribution in [0.5, 0.6) is 0 Å². The van der Waals surface area contributed by atoms with E-state index < -0.39 is 17.3 Å². The molecule has 1 unspecified atom stereocenters. The summed E-state index contributed by atoms with van der Waals surface area (Å²) in [6.07, 6.45) is 0.874. The third-order valence-electron chi connectivity index (χ3n) is 2.96. The van der Waals surface area contributed by atoms with E-state index in [1.165, 1.54) is 0 Å². The van der Waals surface area contributed by atoms with Crippen LogP contribution in [0.25, 0.3) is 0 Å². The van der Waals surface area contributed by atoms with E-state index in [-0.39, 0.29) is 11.7 Å². The summed E-state index contributed by atoms with van der Waals surface area (Å²) in [4.78, 5) is 10.8. The largest absolute Gasteiger partial charge is 0.478 e. The van der Waals surface area contributed by atoms with E-state index in [0.29, 0.717) is 11.6 Å². The van der Waals surface area contributed by atoms with Gasteiger partial charge >= 0.3 is 5.97 Å². The van der Waals surface area contributed by atoms with E-state index in [9.17, 15) is 9.18 Å². The lowest BCUT2D eigenvalue weighted by atomic mass is 10.0. The van der Waals surface area contributed by atoms with Crippen LogP contribution in [0.4, 0.5) is 15.8 Å². The minimum Gasteiger partial charge on any atom is -0.478 e. The molecule has 0 radical (unpaired) electrons. The van der Waals surface area contributed by atoms with Gasteiger partial charge in [-0.05, 0) is 24.5 Å². The van der Waals surface area contributed by atoms with Crippen molar-refractivity contribution in [2.75, 3.05) is 11.1 Å². The molecule has 0 amide bonds. The quantitative estimate of drug-likeness (QED) is 0.706. The first-order chi connectivity index (χ1) is 8.36. The summed E-state index contributed by atoms with van der Waals surface area (Å²) in [5.41, 5.74) is 6.02. The maximum atomic E-state index is 13.6. The molecule has 0 aliphatic heterocycles. The molecule has 0 saturated heterocycles. The van der Waals surface area contributed by atoms with Gasteiger partial charge in [0.2, 0.25) is 0 Å². The fourth-order valence-electron chi connectivity index (χ4n) is 1.82. The normalized spacial score (nSPS) is 12.5. The fourth-order valence-corrected chi connectivity index (χ4v) is 1.82. The highest BCUT2D eigenvalue weighted by molar-refractivity contribution is 5.90. The molecule has 0 aromatic heterocycles. The maximum Gasteiger partial charge on any atom is 0.338 e. The third kappa shape index (κ3) is 3.12. The lowest BCUT2D eigenvalue weighted by Crippen LogP contribution is -2.25. The Balaban J connectivity index is 3.04. The highest BCUT2D eigenvalue weighted by Gasteiger charge is 2.16. The molecule has 100 valence electrons. The SMILES string of the molecule is CCC(Nc1cc(F)c(C(=O)O)cc1N)C(C)C. The molecule has 18 heavy (non-hydrogen) atoms. The van der Waals surface area contributed by atoms with Gasteiger partial charge in [0.05, 0.1) is 16.9 Å². The number of carbonyl (C=O) groups is 1.